The first-order valence-corrected chi connectivity index (χ1v) is 8.17. The molecule has 1 atom stereocenters. The maximum atomic E-state index is 4.49. The number of benzene rings is 1. The summed E-state index contributed by atoms with van der Waals surface area (Å²) >= 11 is 1.70. The number of hydrogen-bond acceptors (Lipinski definition) is 4. The van der Waals surface area contributed by atoms with Gasteiger partial charge in [-0.15, -0.1) is 0 Å². The van der Waals surface area contributed by atoms with Crippen molar-refractivity contribution in [1.29, 1.82) is 0 Å². The minimum Gasteiger partial charge on any atom is -0.312 e. The van der Waals surface area contributed by atoms with Gasteiger partial charge in [-0.1, -0.05) is 35.5 Å². The van der Waals surface area contributed by atoms with Crippen LogP contribution in [-0.2, 0) is 0 Å². The minimum atomic E-state index is 0.306. The van der Waals surface area contributed by atoms with Gasteiger partial charge in [0.1, 0.15) is 0 Å². The maximum Gasteiger partial charge on any atom is 0.188 e. The fourth-order valence-electron chi connectivity index (χ4n) is 2.46. The summed E-state index contributed by atoms with van der Waals surface area (Å²) in [4.78, 5) is 8.99. The first-order valence-electron chi connectivity index (χ1n) is 7.19. The van der Waals surface area contributed by atoms with Crippen LogP contribution in [0.1, 0.15) is 34.1 Å². The molecule has 0 saturated heterocycles. The zero-order chi connectivity index (χ0) is 15.4. The van der Waals surface area contributed by atoms with E-state index in [1.165, 1.54) is 16.7 Å². The molecule has 1 unspecified atom stereocenters. The first-order chi connectivity index (χ1) is 9.99. The summed E-state index contributed by atoms with van der Waals surface area (Å²) in [6.07, 6.45) is 0. The fourth-order valence-corrected chi connectivity index (χ4v) is 3.54. The molecule has 0 aliphatic heterocycles. The van der Waals surface area contributed by atoms with Gasteiger partial charge < -0.3 is 5.32 Å². The number of aryl methyl sites for hydroxylation is 4. The Bertz CT molecular complexity index is 605. The lowest BCUT2D eigenvalue weighted by Crippen LogP contribution is -2.20. The quantitative estimate of drug-likeness (QED) is 0.674. The van der Waals surface area contributed by atoms with Gasteiger partial charge in [0.15, 0.2) is 5.16 Å². The molecular formula is C17H23N3S. The molecule has 0 saturated carbocycles. The van der Waals surface area contributed by atoms with E-state index in [1.807, 2.05) is 27.0 Å². The van der Waals surface area contributed by atoms with Crippen molar-refractivity contribution < 1.29 is 0 Å². The lowest BCUT2D eigenvalue weighted by atomic mass is 10.0. The summed E-state index contributed by atoms with van der Waals surface area (Å²) < 4.78 is 0. The molecule has 1 aromatic carbocycles. The van der Waals surface area contributed by atoms with E-state index in [-0.39, 0.29) is 0 Å². The molecule has 1 heterocycles. The molecule has 2 rings (SSSR count). The smallest absolute Gasteiger partial charge is 0.188 e. The topological polar surface area (TPSA) is 37.8 Å². The van der Waals surface area contributed by atoms with Gasteiger partial charge in [0.25, 0.3) is 0 Å². The van der Waals surface area contributed by atoms with Crippen LogP contribution in [0.2, 0.25) is 0 Å². The minimum absolute atomic E-state index is 0.306. The van der Waals surface area contributed by atoms with Crippen LogP contribution in [0.3, 0.4) is 0 Å². The SMILES string of the molecule is CNC(CSc1nc(C)cc(C)n1)c1ccc(C)cc1C. The van der Waals surface area contributed by atoms with Crippen molar-refractivity contribution in [2.24, 2.45) is 0 Å². The maximum absolute atomic E-state index is 4.49. The molecular weight excluding hydrogens is 278 g/mol. The van der Waals surface area contributed by atoms with Gasteiger partial charge in [0.2, 0.25) is 0 Å². The van der Waals surface area contributed by atoms with Gasteiger partial charge in [0.05, 0.1) is 0 Å². The molecule has 1 aromatic heterocycles. The van der Waals surface area contributed by atoms with E-state index < -0.39 is 0 Å². The lowest BCUT2D eigenvalue weighted by molar-refractivity contribution is 0.656. The van der Waals surface area contributed by atoms with Gasteiger partial charge in [-0.3, -0.25) is 0 Å². The number of aromatic nitrogens is 2. The first kappa shape index (κ1) is 16.0. The van der Waals surface area contributed by atoms with Gasteiger partial charge in [-0.25, -0.2) is 9.97 Å². The average molecular weight is 301 g/mol. The molecule has 0 fully saturated rings. The third kappa shape index (κ3) is 4.29. The monoisotopic (exact) mass is 301 g/mol. The molecule has 1 N–H and O–H groups in total. The molecule has 112 valence electrons. The molecule has 3 nitrogen and oxygen atoms in total. The van der Waals surface area contributed by atoms with Crippen LogP contribution in [0.4, 0.5) is 0 Å². The Labute approximate surface area is 131 Å². The number of thioether (sulfide) groups is 1. The number of nitrogens with zero attached hydrogens (tertiary/aromatic N) is 2. The normalized spacial score (nSPS) is 12.4. The number of hydrogen-bond donors (Lipinski definition) is 1. The molecule has 0 aliphatic carbocycles. The molecule has 21 heavy (non-hydrogen) atoms. The van der Waals surface area contributed by atoms with Gasteiger partial charge in [0, 0.05) is 23.2 Å². The highest BCUT2D eigenvalue weighted by atomic mass is 32.2. The zero-order valence-corrected chi connectivity index (χ0v) is 14.2. The summed E-state index contributed by atoms with van der Waals surface area (Å²) in [5.41, 5.74) is 6.03. The van der Waals surface area contributed by atoms with Crippen LogP contribution < -0.4 is 5.32 Å². The van der Waals surface area contributed by atoms with Crippen LogP contribution in [-0.4, -0.2) is 22.8 Å². The van der Waals surface area contributed by atoms with Crippen LogP contribution in [0.25, 0.3) is 0 Å². The van der Waals surface area contributed by atoms with Crippen LogP contribution >= 0.6 is 11.8 Å². The molecule has 0 aliphatic rings. The molecule has 4 heteroatoms. The van der Waals surface area contributed by atoms with Crippen molar-refractivity contribution in [1.82, 2.24) is 15.3 Å². The highest BCUT2D eigenvalue weighted by molar-refractivity contribution is 7.99. The largest absolute Gasteiger partial charge is 0.312 e. The second kappa shape index (κ2) is 7.05. The Morgan fingerprint density at radius 2 is 1.71 bits per heavy atom. The van der Waals surface area contributed by atoms with E-state index in [2.05, 4.69) is 47.3 Å². The molecule has 2 aromatic rings. The highest BCUT2D eigenvalue weighted by Crippen LogP contribution is 2.25. The molecule has 0 spiro atoms. The Morgan fingerprint density at radius 3 is 2.29 bits per heavy atom. The summed E-state index contributed by atoms with van der Waals surface area (Å²) in [6.45, 7) is 8.32. The second-order valence-electron chi connectivity index (χ2n) is 5.45. The number of rotatable bonds is 5. The van der Waals surface area contributed by atoms with E-state index in [9.17, 15) is 0 Å². The Morgan fingerprint density at radius 1 is 1.05 bits per heavy atom. The van der Waals surface area contributed by atoms with Gasteiger partial charge in [-0.2, -0.15) is 0 Å². The van der Waals surface area contributed by atoms with Crippen LogP contribution in [0.15, 0.2) is 29.4 Å². The average Bonchev–Trinajstić information content (AvgIpc) is 2.40. The van der Waals surface area contributed by atoms with E-state index in [0.29, 0.717) is 6.04 Å². The van der Waals surface area contributed by atoms with Gasteiger partial charge >= 0.3 is 0 Å². The summed E-state index contributed by atoms with van der Waals surface area (Å²) in [7, 11) is 2.01. The van der Waals surface area contributed by atoms with Crippen molar-refractivity contribution in [3.8, 4) is 0 Å². The van der Waals surface area contributed by atoms with Crippen molar-refractivity contribution in [3.05, 3.63) is 52.3 Å². The van der Waals surface area contributed by atoms with E-state index in [4.69, 9.17) is 0 Å². The van der Waals surface area contributed by atoms with Crippen molar-refractivity contribution in [2.45, 2.75) is 38.9 Å². The lowest BCUT2D eigenvalue weighted by Gasteiger charge is -2.18. The second-order valence-corrected chi connectivity index (χ2v) is 6.43. The summed E-state index contributed by atoms with van der Waals surface area (Å²) in [6, 6.07) is 8.93. The number of nitrogens with one attached hydrogen (secondary N) is 1. The van der Waals surface area contributed by atoms with E-state index in [1.54, 1.807) is 11.8 Å². The summed E-state index contributed by atoms with van der Waals surface area (Å²) in [5, 5.41) is 4.26. The van der Waals surface area contributed by atoms with Gasteiger partial charge in [-0.05, 0) is 51.9 Å². The Hall–Kier alpha value is -1.39. The van der Waals surface area contributed by atoms with Crippen molar-refractivity contribution in [2.75, 3.05) is 12.8 Å². The predicted molar refractivity (Wildman–Crippen MR) is 89.9 cm³/mol. The predicted octanol–water partition coefficient (Wildman–Crippen LogP) is 3.76. The van der Waals surface area contributed by atoms with E-state index in [0.717, 1.165) is 22.3 Å². The highest BCUT2D eigenvalue weighted by Gasteiger charge is 2.13. The van der Waals surface area contributed by atoms with Crippen LogP contribution in [0.5, 0.6) is 0 Å². The van der Waals surface area contributed by atoms with Crippen molar-refractivity contribution >= 4 is 11.8 Å². The zero-order valence-electron chi connectivity index (χ0n) is 13.4. The fraction of sp³-hybridized carbons (Fsp3) is 0.412. The summed E-state index contributed by atoms with van der Waals surface area (Å²) in [5.74, 6) is 0.920. The Balaban J connectivity index is 2.12. The van der Waals surface area contributed by atoms with Crippen molar-refractivity contribution in [3.63, 3.8) is 0 Å². The molecule has 0 bridgehead atoms. The Kier molecular flexibility index (Phi) is 5.37. The van der Waals surface area contributed by atoms with Crippen LogP contribution in [0, 0.1) is 27.7 Å². The molecule has 0 radical (unpaired) electrons. The third-order valence-corrected chi connectivity index (χ3v) is 4.43. The third-order valence-electron chi connectivity index (χ3n) is 3.49. The molecule has 0 amide bonds. The van der Waals surface area contributed by atoms with E-state index >= 15 is 0 Å². The standard InChI is InChI=1S/C17H23N3S/c1-11-6-7-15(12(2)8-11)16(18-5)10-21-17-19-13(3)9-14(4)20-17/h6-9,16,18H,10H2,1-5H3.